The molecule has 7 nitrogen and oxygen atoms in total. The van der Waals surface area contributed by atoms with Gasteiger partial charge >= 0.3 is 0 Å². The zero-order chi connectivity index (χ0) is 17.5. The Labute approximate surface area is 147 Å². The van der Waals surface area contributed by atoms with E-state index < -0.39 is 0 Å². The standard InChI is InChI=1S/C18H24N4O3/c1-14-2-4-15(5-3-14)18-21-20-17(25-18)7-6-16(23)19-8-9-22-10-12-24-13-11-22/h2-5H,6-13H2,1H3,(H,19,23). The van der Waals surface area contributed by atoms with Crippen LogP contribution in [0.15, 0.2) is 28.7 Å². The highest BCUT2D eigenvalue weighted by molar-refractivity contribution is 5.76. The van der Waals surface area contributed by atoms with Crippen LogP contribution in [0.3, 0.4) is 0 Å². The van der Waals surface area contributed by atoms with E-state index >= 15 is 0 Å². The molecule has 1 aromatic carbocycles. The smallest absolute Gasteiger partial charge is 0.247 e. The Morgan fingerprint density at radius 1 is 1.20 bits per heavy atom. The summed E-state index contributed by atoms with van der Waals surface area (Å²) in [6, 6.07) is 7.90. The van der Waals surface area contributed by atoms with Crippen LogP contribution >= 0.6 is 0 Å². The molecule has 0 radical (unpaired) electrons. The van der Waals surface area contributed by atoms with E-state index in [4.69, 9.17) is 9.15 Å². The average molecular weight is 344 g/mol. The molecule has 1 aliphatic heterocycles. The Bertz CT molecular complexity index is 678. The number of ether oxygens (including phenoxy) is 1. The van der Waals surface area contributed by atoms with E-state index in [1.165, 1.54) is 5.56 Å². The lowest BCUT2D eigenvalue weighted by Gasteiger charge is -2.26. The lowest BCUT2D eigenvalue weighted by Crippen LogP contribution is -2.41. The summed E-state index contributed by atoms with van der Waals surface area (Å²) in [4.78, 5) is 14.2. The number of morpholine rings is 1. The number of carbonyl (C=O) groups excluding carboxylic acids is 1. The van der Waals surface area contributed by atoms with Gasteiger partial charge in [-0.15, -0.1) is 10.2 Å². The van der Waals surface area contributed by atoms with Crippen LogP contribution < -0.4 is 5.32 Å². The van der Waals surface area contributed by atoms with E-state index in [0.29, 0.717) is 31.2 Å². The van der Waals surface area contributed by atoms with Crippen molar-refractivity contribution >= 4 is 5.91 Å². The first-order chi connectivity index (χ1) is 12.2. The van der Waals surface area contributed by atoms with Gasteiger partial charge in [0.25, 0.3) is 0 Å². The van der Waals surface area contributed by atoms with Gasteiger partial charge in [-0.25, -0.2) is 0 Å². The maximum atomic E-state index is 11.9. The van der Waals surface area contributed by atoms with Gasteiger partial charge in [0.2, 0.25) is 17.7 Å². The van der Waals surface area contributed by atoms with E-state index in [0.717, 1.165) is 38.4 Å². The molecule has 1 fully saturated rings. The Hall–Kier alpha value is -2.25. The van der Waals surface area contributed by atoms with Crippen LogP contribution in [0.25, 0.3) is 11.5 Å². The van der Waals surface area contributed by atoms with E-state index in [1.54, 1.807) is 0 Å². The van der Waals surface area contributed by atoms with Gasteiger partial charge in [0.15, 0.2) is 0 Å². The summed E-state index contributed by atoms with van der Waals surface area (Å²) in [5, 5.41) is 11.0. The largest absolute Gasteiger partial charge is 0.421 e. The third-order valence-corrected chi connectivity index (χ3v) is 4.19. The molecule has 0 atom stereocenters. The number of nitrogens with zero attached hydrogens (tertiary/aromatic N) is 3. The first kappa shape index (κ1) is 17.6. The number of hydrogen-bond donors (Lipinski definition) is 1. The number of aryl methyl sites for hydroxylation is 2. The topological polar surface area (TPSA) is 80.5 Å². The lowest BCUT2D eigenvalue weighted by molar-refractivity contribution is -0.121. The van der Waals surface area contributed by atoms with Crippen LogP contribution in [0.1, 0.15) is 17.9 Å². The maximum absolute atomic E-state index is 11.9. The highest BCUT2D eigenvalue weighted by Gasteiger charge is 2.12. The molecule has 2 heterocycles. The Morgan fingerprint density at radius 2 is 1.96 bits per heavy atom. The van der Waals surface area contributed by atoms with Gasteiger partial charge in [-0.3, -0.25) is 9.69 Å². The quantitative estimate of drug-likeness (QED) is 0.818. The summed E-state index contributed by atoms with van der Waals surface area (Å²) in [5.74, 6) is 0.977. The minimum absolute atomic E-state index is 0.00310. The number of aromatic nitrogens is 2. The van der Waals surface area contributed by atoms with Crippen molar-refractivity contribution in [2.75, 3.05) is 39.4 Å². The van der Waals surface area contributed by atoms with Crippen LogP contribution in [-0.4, -0.2) is 60.4 Å². The highest BCUT2D eigenvalue weighted by atomic mass is 16.5. The number of rotatable bonds is 7. The number of nitrogens with one attached hydrogen (secondary N) is 1. The summed E-state index contributed by atoms with van der Waals surface area (Å²) in [6.45, 7) is 6.94. The van der Waals surface area contributed by atoms with Crippen molar-refractivity contribution in [3.63, 3.8) is 0 Å². The fraction of sp³-hybridized carbons (Fsp3) is 0.500. The molecule has 0 saturated carbocycles. The molecule has 1 N–H and O–H groups in total. The normalized spacial score (nSPS) is 15.2. The van der Waals surface area contributed by atoms with E-state index in [2.05, 4.69) is 20.4 Å². The molecule has 25 heavy (non-hydrogen) atoms. The second kappa shape index (κ2) is 8.73. The molecule has 3 rings (SSSR count). The fourth-order valence-corrected chi connectivity index (χ4v) is 2.65. The predicted molar refractivity (Wildman–Crippen MR) is 93.1 cm³/mol. The number of carbonyl (C=O) groups is 1. The summed E-state index contributed by atoms with van der Waals surface area (Å²) < 4.78 is 10.9. The zero-order valence-corrected chi connectivity index (χ0v) is 14.5. The minimum atomic E-state index is 0.00310. The monoisotopic (exact) mass is 344 g/mol. The van der Waals surface area contributed by atoms with Gasteiger partial charge in [0.1, 0.15) is 0 Å². The molecule has 7 heteroatoms. The van der Waals surface area contributed by atoms with Gasteiger partial charge in [-0.05, 0) is 19.1 Å². The van der Waals surface area contributed by atoms with Gasteiger partial charge in [0, 0.05) is 44.6 Å². The van der Waals surface area contributed by atoms with Crippen molar-refractivity contribution in [3.8, 4) is 11.5 Å². The number of amides is 1. The van der Waals surface area contributed by atoms with Crippen molar-refractivity contribution in [3.05, 3.63) is 35.7 Å². The zero-order valence-electron chi connectivity index (χ0n) is 14.5. The predicted octanol–water partition coefficient (Wildman–Crippen LogP) is 1.43. The van der Waals surface area contributed by atoms with Crippen molar-refractivity contribution in [2.24, 2.45) is 0 Å². The van der Waals surface area contributed by atoms with E-state index in [1.807, 2.05) is 31.2 Å². The lowest BCUT2D eigenvalue weighted by atomic mass is 10.1. The van der Waals surface area contributed by atoms with Gasteiger partial charge in [0.05, 0.1) is 13.2 Å². The molecule has 1 amide bonds. The molecule has 1 aliphatic rings. The molecule has 2 aromatic rings. The number of hydrogen-bond acceptors (Lipinski definition) is 6. The summed E-state index contributed by atoms with van der Waals surface area (Å²) in [7, 11) is 0. The second-order valence-corrected chi connectivity index (χ2v) is 6.17. The van der Waals surface area contributed by atoms with E-state index in [9.17, 15) is 4.79 Å². The molecule has 0 bridgehead atoms. The van der Waals surface area contributed by atoms with Crippen molar-refractivity contribution in [1.82, 2.24) is 20.4 Å². The minimum Gasteiger partial charge on any atom is -0.421 e. The van der Waals surface area contributed by atoms with Gasteiger partial charge in [-0.1, -0.05) is 17.7 Å². The molecule has 0 unspecified atom stereocenters. The Morgan fingerprint density at radius 3 is 2.72 bits per heavy atom. The van der Waals surface area contributed by atoms with Gasteiger partial charge in [-0.2, -0.15) is 0 Å². The van der Waals surface area contributed by atoms with Crippen LogP contribution in [0.2, 0.25) is 0 Å². The first-order valence-corrected chi connectivity index (χ1v) is 8.67. The van der Waals surface area contributed by atoms with Crippen molar-refractivity contribution in [1.29, 1.82) is 0 Å². The van der Waals surface area contributed by atoms with Crippen molar-refractivity contribution < 1.29 is 13.9 Å². The molecule has 1 aromatic heterocycles. The summed E-state index contributed by atoms with van der Waals surface area (Å²) in [5.41, 5.74) is 2.07. The SMILES string of the molecule is Cc1ccc(-c2nnc(CCC(=O)NCCN3CCOCC3)o2)cc1. The molecule has 0 spiro atoms. The number of benzene rings is 1. The molecule has 0 aliphatic carbocycles. The fourth-order valence-electron chi connectivity index (χ4n) is 2.65. The molecule has 1 saturated heterocycles. The molecular weight excluding hydrogens is 320 g/mol. The maximum Gasteiger partial charge on any atom is 0.247 e. The van der Waals surface area contributed by atoms with Crippen LogP contribution in [0, 0.1) is 6.92 Å². The Kier molecular flexibility index (Phi) is 6.14. The summed E-state index contributed by atoms with van der Waals surface area (Å²) in [6.07, 6.45) is 0.793. The third kappa shape index (κ3) is 5.37. The highest BCUT2D eigenvalue weighted by Crippen LogP contribution is 2.18. The van der Waals surface area contributed by atoms with Crippen LogP contribution in [0.5, 0.6) is 0 Å². The molecule has 134 valence electrons. The van der Waals surface area contributed by atoms with Gasteiger partial charge < -0.3 is 14.5 Å². The van der Waals surface area contributed by atoms with Crippen molar-refractivity contribution in [2.45, 2.75) is 19.8 Å². The first-order valence-electron chi connectivity index (χ1n) is 8.67. The van der Waals surface area contributed by atoms with E-state index in [-0.39, 0.29) is 5.91 Å². The van der Waals surface area contributed by atoms with Crippen LogP contribution in [-0.2, 0) is 16.0 Å². The third-order valence-electron chi connectivity index (χ3n) is 4.19. The molecular formula is C18H24N4O3. The average Bonchev–Trinajstić information content (AvgIpc) is 3.10. The summed E-state index contributed by atoms with van der Waals surface area (Å²) >= 11 is 0. The second-order valence-electron chi connectivity index (χ2n) is 6.17. The Balaban J connectivity index is 1.39. The van der Waals surface area contributed by atoms with Crippen LogP contribution in [0.4, 0.5) is 0 Å².